The number of aldehydes is 1. The molecule has 168 valence electrons. The molecule has 3 aromatic rings. The molecule has 32 heavy (non-hydrogen) atoms. The number of carbonyl (C=O) groups excluding carboxylic acids is 1. The molecule has 0 amide bonds. The number of nitrogens with zero attached hydrogens (tertiary/aromatic N) is 3. The third-order valence-electron chi connectivity index (χ3n) is 4.44. The SMILES string of the molecule is C=C/C(Cl)=C(\C=C/C)c1nc2[nH]c(=O)n(C(C)C=O)c(=O)c2n1-c1ccc(Cl)cc1.CN. The number of H-pyrrole nitrogens is 1. The normalized spacial score (nSPS) is 12.8. The van der Waals surface area contributed by atoms with E-state index < -0.39 is 17.3 Å². The number of imidazole rings is 1. The summed E-state index contributed by atoms with van der Waals surface area (Å²) in [4.78, 5) is 44.0. The molecule has 1 atom stereocenters. The van der Waals surface area contributed by atoms with Crippen LogP contribution in [0.15, 0.2) is 63.7 Å². The Balaban J connectivity index is 0.00000176. The molecule has 10 heteroatoms. The molecule has 0 saturated carbocycles. The van der Waals surface area contributed by atoms with Crippen molar-refractivity contribution in [3.05, 3.63) is 85.8 Å². The molecular weight excluding hydrogens is 453 g/mol. The molecule has 8 nitrogen and oxygen atoms in total. The fourth-order valence-electron chi connectivity index (χ4n) is 3.06. The number of allylic oxidation sites excluding steroid dienone is 5. The number of hydrogen-bond donors (Lipinski definition) is 2. The Hall–Kier alpha value is -3.20. The minimum Gasteiger partial charge on any atom is -0.333 e. The average molecular weight is 476 g/mol. The van der Waals surface area contributed by atoms with Crippen LogP contribution in [0.25, 0.3) is 22.4 Å². The second-order valence-corrected chi connectivity index (χ2v) is 7.24. The Morgan fingerprint density at radius 3 is 2.41 bits per heavy atom. The van der Waals surface area contributed by atoms with Crippen LogP contribution in [0.5, 0.6) is 0 Å². The van der Waals surface area contributed by atoms with E-state index in [0.717, 1.165) is 4.57 Å². The number of nitrogens with one attached hydrogen (secondary N) is 1. The molecule has 2 heterocycles. The van der Waals surface area contributed by atoms with Crippen molar-refractivity contribution >= 4 is 46.2 Å². The van der Waals surface area contributed by atoms with Gasteiger partial charge in [-0.05, 0) is 51.2 Å². The number of nitrogens with two attached hydrogens (primary N) is 1. The minimum atomic E-state index is -0.954. The van der Waals surface area contributed by atoms with Gasteiger partial charge in [0, 0.05) is 16.3 Å². The summed E-state index contributed by atoms with van der Waals surface area (Å²) in [5, 5.41) is 0.820. The topological polar surface area (TPSA) is 116 Å². The molecule has 0 radical (unpaired) electrons. The quantitative estimate of drug-likeness (QED) is 0.417. The molecule has 0 aliphatic rings. The molecule has 1 aromatic carbocycles. The van der Waals surface area contributed by atoms with Gasteiger partial charge in [0.15, 0.2) is 11.2 Å². The van der Waals surface area contributed by atoms with Gasteiger partial charge in [0.05, 0.1) is 11.1 Å². The lowest BCUT2D eigenvalue weighted by Gasteiger charge is -2.12. The van der Waals surface area contributed by atoms with Crippen LogP contribution in [0.4, 0.5) is 0 Å². The smallest absolute Gasteiger partial charge is 0.330 e. The summed E-state index contributed by atoms with van der Waals surface area (Å²) < 4.78 is 2.42. The number of fused-ring (bicyclic) bond motifs is 1. The van der Waals surface area contributed by atoms with E-state index in [-0.39, 0.29) is 11.2 Å². The zero-order chi connectivity index (χ0) is 24.0. The van der Waals surface area contributed by atoms with Crippen molar-refractivity contribution < 1.29 is 4.79 Å². The van der Waals surface area contributed by atoms with Gasteiger partial charge < -0.3 is 10.5 Å². The van der Waals surface area contributed by atoms with Gasteiger partial charge in [0.2, 0.25) is 0 Å². The second kappa shape index (κ2) is 10.9. The highest BCUT2D eigenvalue weighted by Crippen LogP contribution is 2.28. The standard InChI is InChI=1S/C21H18Cl2N4O3.CH5N/c1-4-6-15(16(23)5-2)19-24-18-17(27(19)14-9-7-13(22)8-10-14)20(29)26(12(3)11-28)21(30)25-18;1-2/h4-12H,2H2,1,3H3,(H,25,30);2H2,1H3/b6-4-,16-15-;. The predicted molar refractivity (Wildman–Crippen MR) is 130 cm³/mol. The fraction of sp³-hybridized carbons (Fsp3) is 0.182. The molecule has 2 aromatic heterocycles. The number of rotatable bonds is 6. The zero-order valence-electron chi connectivity index (χ0n) is 17.8. The van der Waals surface area contributed by atoms with Crippen LogP contribution in [0.2, 0.25) is 5.02 Å². The number of aromatic nitrogens is 4. The van der Waals surface area contributed by atoms with E-state index >= 15 is 0 Å². The van der Waals surface area contributed by atoms with Gasteiger partial charge in [0.25, 0.3) is 5.56 Å². The first kappa shape index (κ1) is 25.1. The lowest BCUT2D eigenvalue weighted by Crippen LogP contribution is -2.38. The van der Waals surface area contributed by atoms with Crippen molar-refractivity contribution in [2.75, 3.05) is 7.05 Å². The summed E-state index contributed by atoms with van der Waals surface area (Å²) in [7, 11) is 1.50. The van der Waals surface area contributed by atoms with E-state index in [2.05, 4.69) is 22.3 Å². The molecular formula is C22H23Cl2N5O3. The van der Waals surface area contributed by atoms with Crippen LogP contribution in [0.1, 0.15) is 25.7 Å². The van der Waals surface area contributed by atoms with Crippen LogP contribution >= 0.6 is 23.2 Å². The Kier molecular flexibility index (Phi) is 8.54. The summed E-state index contributed by atoms with van der Waals surface area (Å²) >= 11 is 12.4. The summed E-state index contributed by atoms with van der Waals surface area (Å²) in [5.74, 6) is 0.319. The molecule has 0 fully saturated rings. The highest BCUT2D eigenvalue weighted by molar-refractivity contribution is 6.34. The zero-order valence-corrected chi connectivity index (χ0v) is 19.3. The number of halogens is 2. The molecule has 0 aliphatic carbocycles. The van der Waals surface area contributed by atoms with Crippen LogP contribution in [-0.2, 0) is 4.79 Å². The first-order chi connectivity index (χ1) is 15.3. The highest BCUT2D eigenvalue weighted by atomic mass is 35.5. The third-order valence-corrected chi connectivity index (χ3v) is 5.05. The summed E-state index contributed by atoms with van der Waals surface area (Å²) in [5.41, 5.74) is 4.34. The van der Waals surface area contributed by atoms with Crippen LogP contribution in [-0.4, -0.2) is 32.4 Å². The van der Waals surface area contributed by atoms with E-state index in [1.807, 2.05) is 6.92 Å². The van der Waals surface area contributed by atoms with Gasteiger partial charge >= 0.3 is 5.69 Å². The number of benzene rings is 1. The maximum atomic E-state index is 13.3. The van der Waals surface area contributed by atoms with Crippen molar-refractivity contribution in [2.45, 2.75) is 19.9 Å². The van der Waals surface area contributed by atoms with Crippen molar-refractivity contribution in [3.8, 4) is 5.69 Å². The molecule has 0 bridgehead atoms. The van der Waals surface area contributed by atoms with E-state index in [9.17, 15) is 14.4 Å². The van der Waals surface area contributed by atoms with Crippen LogP contribution < -0.4 is 17.0 Å². The second-order valence-electron chi connectivity index (χ2n) is 6.39. The van der Waals surface area contributed by atoms with E-state index in [1.54, 1.807) is 41.0 Å². The van der Waals surface area contributed by atoms with Crippen molar-refractivity contribution in [3.63, 3.8) is 0 Å². The number of aromatic amines is 1. The first-order valence-electron chi connectivity index (χ1n) is 9.55. The van der Waals surface area contributed by atoms with Crippen LogP contribution in [0, 0.1) is 0 Å². The summed E-state index contributed by atoms with van der Waals surface area (Å²) in [6.45, 7) is 6.96. The largest absolute Gasteiger partial charge is 0.333 e. The number of carbonyl (C=O) groups is 1. The molecule has 1 unspecified atom stereocenters. The van der Waals surface area contributed by atoms with Gasteiger partial charge in [-0.3, -0.25) is 14.3 Å². The minimum absolute atomic E-state index is 0.0693. The van der Waals surface area contributed by atoms with Gasteiger partial charge in [0.1, 0.15) is 12.1 Å². The molecule has 3 N–H and O–H groups in total. The number of hydrogen-bond acceptors (Lipinski definition) is 5. The lowest BCUT2D eigenvalue weighted by molar-refractivity contribution is -0.110. The summed E-state index contributed by atoms with van der Waals surface area (Å²) in [6.07, 6.45) is 5.47. The lowest BCUT2D eigenvalue weighted by atomic mass is 10.2. The van der Waals surface area contributed by atoms with E-state index in [4.69, 9.17) is 23.2 Å². The Morgan fingerprint density at radius 2 is 1.88 bits per heavy atom. The fourth-order valence-corrected chi connectivity index (χ4v) is 3.34. The van der Waals surface area contributed by atoms with Crippen molar-refractivity contribution in [1.82, 2.24) is 19.1 Å². The maximum Gasteiger partial charge on any atom is 0.330 e. The van der Waals surface area contributed by atoms with Gasteiger partial charge in [-0.25, -0.2) is 14.3 Å². The summed E-state index contributed by atoms with van der Waals surface area (Å²) in [6, 6.07) is 5.79. The van der Waals surface area contributed by atoms with Crippen molar-refractivity contribution in [2.24, 2.45) is 5.73 Å². The Bertz CT molecular complexity index is 1310. The monoisotopic (exact) mass is 475 g/mol. The Labute approximate surface area is 194 Å². The average Bonchev–Trinajstić information content (AvgIpc) is 3.17. The van der Waals surface area contributed by atoms with E-state index in [1.165, 1.54) is 20.0 Å². The first-order valence-corrected chi connectivity index (χ1v) is 10.3. The Morgan fingerprint density at radius 1 is 1.25 bits per heavy atom. The molecule has 0 spiro atoms. The van der Waals surface area contributed by atoms with Gasteiger partial charge in [-0.15, -0.1) is 0 Å². The van der Waals surface area contributed by atoms with Gasteiger partial charge in [-0.1, -0.05) is 41.9 Å². The highest BCUT2D eigenvalue weighted by Gasteiger charge is 2.23. The predicted octanol–water partition coefficient (Wildman–Crippen LogP) is 3.58. The maximum absolute atomic E-state index is 13.3. The van der Waals surface area contributed by atoms with Crippen molar-refractivity contribution in [1.29, 1.82) is 0 Å². The molecule has 3 rings (SSSR count). The molecule has 0 saturated heterocycles. The molecule has 0 aliphatic heterocycles. The van der Waals surface area contributed by atoms with E-state index in [0.29, 0.717) is 33.4 Å². The van der Waals surface area contributed by atoms with Gasteiger partial charge in [-0.2, -0.15) is 0 Å². The third kappa shape index (κ3) is 4.67. The van der Waals surface area contributed by atoms with Crippen LogP contribution in [0.3, 0.4) is 0 Å².